The summed E-state index contributed by atoms with van der Waals surface area (Å²) in [6.07, 6.45) is 3.75. The van der Waals surface area contributed by atoms with E-state index in [-0.39, 0.29) is 5.91 Å². The molecule has 2 amide bonds. The van der Waals surface area contributed by atoms with Crippen molar-refractivity contribution in [3.8, 4) is 0 Å². The number of nitrogens with two attached hydrogens (primary N) is 1. The van der Waals surface area contributed by atoms with Gasteiger partial charge in [0.1, 0.15) is 0 Å². The predicted molar refractivity (Wildman–Crippen MR) is 76.8 cm³/mol. The van der Waals surface area contributed by atoms with Crippen LogP contribution in [0.2, 0.25) is 0 Å². The molecule has 1 aromatic heterocycles. The Kier molecular flexibility index (Phi) is 5.08. The third kappa shape index (κ3) is 3.55. The maximum atomic E-state index is 12.1. The van der Waals surface area contributed by atoms with Crippen LogP contribution in [0.5, 0.6) is 0 Å². The second-order valence-electron chi connectivity index (χ2n) is 5.03. The van der Waals surface area contributed by atoms with Crippen LogP contribution in [0.3, 0.4) is 0 Å². The highest BCUT2D eigenvalue weighted by molar-refractivity contribution is 7.11. The van der Waals surface area contributed by atoms with Gasteiger partial charge in [0.05, 0.1) is 12.2 Å². The van der Waals surface area contributed by atoms with E-state index in [4.69, 9.17) is 5.84 Å². The Bertz CT molecular complexity index is 488. The Morgan fingerprint density at radius 2 is 2.40 bits per heavy atom. The first-order valence-corrected chi connectivity index (χ1v) is 7.75. The highest BCUT2D eigenvalue weighted by Crippen LogP contribution is 2.22. The number of nitrogens with one attached hydrogen (secondary N) is 1. The molecule has 2 heterocycles. The van der Waals surface area contributed by atoms with Crippen LogP contribution in [0.4, 0.5) is 0 Å². The van der Waals surface area contributed by atoms with Crippen molar-refractivity contribution in [2.75, 3.05) is 6.54 Å². The molecule has 0 bridgehead atoms. The van der Waals surface area contributed by atoms with Crippen LogP contribution >= 0.6 is 11.3 Å². The van der Waals surface area contributed by atoms with Crippen molar-refractivity contribution in [3.63, 3.8) is 0 Å². The summed E-state index contributed by atoms with van der Waals surface area (Å²) in [6.45, 7) is 3.42. The first kappa shape index (κ1) is 14.9. The topological polar surface area (TPSA) is 88.3 Å². The van der Waals surface area contributed by atoms with Crippen molar-refractivity contribution < 1.29 is 9.59 Å². The van der Waals surface area contributed by atoms with Gasteiger partial charge in [-0.15, -0.1) is 11.3 Å². The molecule has 0 aromatic carbocycles. The van der Waals surface area contributed by atoms with E-state index >= 15 is 0 Å². The SMILES string of the molecule is CCC1CCC(=O)N(Cc2csc(C(=O)NN)n2)CC1. The van der Waals surface area contributed by atoms with Gasteiger partial charge in [0.25, 0.3) is 5.91 Å². The van der Waals surface area contributed by atoms with E-state index < -0.39 is 5.91 Å². The number of nitrogens with zero attached hydrogens (tertiary/aromatic N) is 2. The summed E-state index contributed by atoms with van der Waals surface area (Å²) in [5, 5.41) is 2.14. The molecule has 1 saturated heterocycles. The van der Waals surface area contributed by atoms with E-state index in [2.05, 4.69) is 17.3 Å². The van der Waals surface area contributed by atoms with Crippen molar-refractivity contribution in [1.82, 2.24) is 15.3 Å². The predicted octanol–water partition coefficient (Wildman–Crippen LogP) is 1.29. The highest BCUT2D eigenvalue weighted by Gasteiger charge is 2.22. The van der Waals surface area contributed by atoms with E-state index in [0.29, 0.717) is 23.9 Å². The Hall–Kier alpha value is -1.47. The lowest BCUT2D eigenvalue weighted by Crippen LogP contribution is -2.31. The number of likely N-dealkylation sites (tertiary alicyclic amines) is 1. The molecule has 6 nitrogen and oxygen atoms in total. The lowest BCUT2D eigenvalue weighted by molar-refractivity contribution is -0.131. The Labute approximate surface area is 122 Å². The van der Waals surface area contributed by atoms with Crippen LogP contribution in [0, 0.1) is 5.92 Å². The number of amides is 2. The minimum Gasteiger partial charge on any atom is -0.337 e. The van der Waals surface area contributed by atoms with Crippen LogP contribution in [0.1, 0.15) is 48.1 Å². The number of thiazole rings is 1. The molecule has 7 heteroatoms. The lowest BCUT2D eigenvalue weighted by atomic mass is 9.98. The maximum absolute atomic E-state index is 12.1. The maximum Gasteiger partial charge on any atom is 0.294 e. The van der Waals surface area contributed by atoms with E-state index in [1.807, 2.05) is 4.90 Å². The number of aromatic nitrogens is 1. The van der Waals surface area contributed by atoms with Crippen molar-refractivity contribution >= 4 is 23.2 Å². The molecule has 0 radical (unpaired) electrons. The van der Waals surface area contributed by atoms with Gasteiger partial charge in [-0.1, -0.05) is 13.3 Å². The molecule has 0 saturated carbocycles. The van der Waals surface area contributed by atoms with Gasteiger partial charge in [0.2, 0.25) is 5.91 Å². The lowest BCUT2D eigenvalue weighted by Gasteiger charge is -2.19. The zero-order valence-corrected chi connectivity index (χ0v) is 12.4. The van der Waals surface area contributed by atoms with E-state index in [9.17, 15) is 9.59 Å². The molecule has 1 atom stereocenters. The van der Waals surface area contributed by atoms with Gasteiger partial charge < -0.3 is 4.90 Å². The zero-order chi connectivity index (χ0) is 14.5. The van der Waals surface area contributed by atoms with Gasteiger partial charge in [0, 0.05) is 18.3 Å². The van der Waals surface area contributed by atoms with Crippen molar-refractivity contribution in [2.45, 2.75) is 39.2 Å². The second kappa shape index (κ2) is 6.81. The molecule has 1 aliphatic rings. The molecule has 20 heavy (non-hydrogen) atoms. The van der Waals surface area contributed by atoms with Crippen LogP contribution < -0.4 is 11.3 Å². The summed E-state index contributed by atoms with van der Waals surface area (Å²) in [7, 11) is 0. The number of carbonyl (C=O) groups is 2. The fourth-order valence-corrected chi connectivity index (χ4v) is 3.12. The molecule has 0 aliphatic carbocycles. The van der Waals surface area contributed by atoms with Gasteiger partial charge in [-0.3, -0.25) is 15.0 Å². The number of hydrogen-bond acceptors (Lipinski definition) is 5. The summed E-state index contributed by atoms with van der Waals surface area (Å²) in [6, 6.07) is 0. The molecule has 0 spiro atoms. The first-order valence-electron chi connectivity index (χ1n) is 6.87. The number of rotatable bonds is 4. The van der Waals surface area contributed by atoms with Gasteiger partial charge in [-0.05, 0) is 18.8 Å². The van der Waals surface area contributed by atoms with Crippen LogP contribution in [0.25, 0.3) is 0 Å². The zero-order valence-electron chi connectivity index (χ0n) is 11.6. The Morgan fingerprint density at radius 1 is 1.60 bits per heavy atom. The van der Waals surface area contributed by atoms with Gasteiger partial charge in [-0.2, -0.15) is 0 Å². The van der Waals surface area contributed by atoms with E-state index in [1.54, 1.807) is 5.38 Å². The number of nitrogen functional groups attached to an aromatic ring is 1. The normalized spacial score (nSPS) is 19.8. The Morgan fingerprint density at radius 3 is 3.10 bits per heavy atom. The Balaban J connectivity index is 1.99. The van der Waals surface area contributed by atoms with Crippen molar-refractivity contribution in [1.29, 1.82) is 0 Å². The molecular weight excluding hydrogens is 276 g/mol. The quantitative estimate of drug-likeness (QED) is 0.498. The van der Waals surface area contributed by atoms with Gasteiger partial charge >= 0.3 is 0 Å². The molecule has 1 aliphatic heterocycles. The largest absolute Gasteiger partial charge is 0.337 e. The van der Waals surface area contributed by atoms with Gasteiger partial charge in [-0.25, -0.2) is 10.8 Å². The molecule has 3 N–H and O–H groups in total. The second-order valence-corrected chi connectivity index (χ2v) is 5.89. The summed E-state index contributed by atoms with van der Waals surface area (Å²) in [5.41, 5.74) is 2.81. The van der Waals surface area contributed by atoms with Crippen molar-refractivity contribution in [2.24, 2.45) is 11.8 Å². The fourth-order valence-electron chi connectivity index (χ4n) is 2.41. The van der Waals surface area contributed by atoms with Gasteiger partial charge in [0.15, 0.2) is 5.01 Å². The molecule has 1 unspecified atom stereocenters. The van der Waals surface area contributed by atoms with E-state index in [1.165, 1.54) is 11.3 Å². The minimum absolute atomic E-state index is 0.179. The van der Waals surface area contributed by atoms with Crippen LogP contribution in [-0.4, -0.2) is 28.2 Å². The van der Waals surface area contributed by atoms with Crippen LogP contribution in [0.15, 0.2) is 5.38 Å². The minimum atomic E-state index is -0.394. The summed E-state index contributed by atoms with van der Waals surface area (Å²) >= 11 is 1.24. The molecule has 2 rings (SSSR count). The molecule has 1 fully saturated rings. The summed E-state index contributed by atoms with van der Waals surface area (Å²) in [5.74, 6) is 5.50. The smallest absolute Gasteiger partial charge is 0.294 e. The average molecular weight is 296 g/mol. The summed E-state index contributed by atoms with van der Waals surface area (Å²) < 4.78 is 0. The van der Waals surface area contributed by atoms with E-state index in [0.717, 1.165) is 31.5 Å². The first-order chi connectivity index (χ1) is 9.63. The fraction of sp³-hybridized carbons (Fsp3) is 0.615. The standard InChI is InChI=1S/C13H20N4O2S/c1-2-9-3-4-11(18)17(6-5-9)7-10-8-20-13(15-10)12(19)16-14/h8-9H,2-7,14H2,1H3,(H,16,19). The highest BCUT2D eigenvalue weighted by atomic mass is 32.1. The molecule has 110 valence electrons. The monoisotopic (exact) mass is 296 g/mol. The van der Waals surface area contributed by atoms with Crippen LogP contribution in [-0.2, 0) is 11.3 Å². The third-order valence-electron chi connectivity index (χ3n) is 3.73. The summed E-state index contributed by atoms with van der Waals surface area (Å²) in [4.78, 5) is 29.5. The molecular formula is C13H20N4O2S. The number of hydrazine groups is 1. The average Bonchev–Trinajstić information content (AvgIpc) is 2.85. The third-order valence-corrected chi connectivity index (χ3v) is 4.62. The molecule has 1 aromatic rings. The number of hydrogen-bond donors (Lipinski definition) is 2. The van der Waals surface area contributed by atoms with Crippen molar-refractivity contribution in [3.05, 3.63) is 16.1 Å². The number of carbonyl (C=O) groups excluding carboxylic acids is 2.